The number of carbonyl (C=O) groups is 1. The summed E-state index contributed by atoms with van der Waals surface area (Å²) in [4.78, 5) is 13.5. The summed E-state index contributed by atoms with van der Waals surface area (Å²) in [5.41, 5.74) is 0. The average Bonchev–Trinajstić information content (AvgIpc) is 2.43. The Hall–Kier alpha value is -0.610. The van der Waals surface area contributed by atoms with Crippen molar-refractivity contribution in [1.29, 1.82) is 0 Å². The normalized spacial score (nSPS) is 29.7. The number of carboxylic acid groups (broad SMARTS) is 1. The molecular weight excluding hydrogens is 242 g/mol. The molecule has 110 valence electrons. The molecular formula is C15H27NO3. The van der Waals surface area contributed by atoms with Gasteiger partial charge in [0.25, 0.3) is 0 Å². The maximum atomic E-state index is 11.0. The summed E-state index contributed by atoms with van der Waals surface area (Å²) < 4.78 is 5.27. The fourth-order valence-electron chi connectivity index (χ4n) is 3.66. The molecule has 2 rings (SSSR count). The number of likely N-dealkylation sites (tertiary alicyclic amines) is 1. The lowest BCUT2D eigenvalue weighted by molar-refractivity contribution is -0.150. The lowest BCUT2D eigenvalue weighted by Crippen LogP contribution is -2.43. The Morgan fingerprint density at radius 2 is 2.05 bits per heavy atom. The van der Waals surface area contributed by atoms with E-state index in [0.29, 0.717) is 13.0 Å². The number of ether oxygens (including phenoxy) is 1. The number of fused-ring (bicyclic) bond motifs is 1. The highest BCUT2D eigenvalue weighted by molar-refractivity contribution is 5.72. The molecule has 0 amide bonds. The Balaban J connectivity index is 1.75. The van der Waals surface area contributed by atoms with Gasteiger partial charge in [0.15, 0.2) is 6.10 Å². The number of hydrogen-bond donors (Lipinski definition) is 1. The molecule has 1 saturated carbocycles. The Bertz CT molecular complexity index is 295. The molecule has 1 aliphatic carbocycles. The monoisotopic (exact) mass is 269 g/mol. The van der Waals surface area contributed by atoms with E-state index in [9.17, 15) is 4.79 Å². The molecule has 3 atom stereocenters. The molecule has 1 heterocycles. The first-order valence-corrected chi connectivity index (χ1v) is 7.77. The minimum atomic E-state index is -0.825. The molecule has 1 aliphatic heterocycles. The average molecular weight is 269 g/mol. The topological polar surface area (TPSA) is 49.8 Å². The second-order valence-corrected chi connectivity index (χ2v) is 5.96. The molecule has 0 aromatic carbocycles. The van der Waals surface area contributed by atoms with E-state index in [1.165, 1.54) is 38.6 Å². The molecule has 0 aromatic heterocycles. The Morgan fingerprint density at radius 1 is 1.32 bits per heavy atom. The molecule has 2 aliphatic rings. The van der Waals surface area contributed by atoms with Crippen LogP contribution < -0.4 is 0 Å². The highest BCUT2D eigenvalue weighted by Crippen LogP contribution is 2.36. The third kappa shape index (κ3) is 4.18. The van der Waals surface area contributed by atoms with Gasteiger partial charge >= 0.3 is 5.97 Å². The smallest absolute Gasteiger partial charge is 0.332 e. The lowest BCUT2D eigenvalue weighted by Gasteiger charge is -2.41. The van der Waals surface area contributed by atoms with E-state index in [-0.39, 0.29) is 0 Å². The highest BCUT2D eigenvalue weighted by atomic mass is 16.5. The van der Waals surface area contributed by atoms with Gasteiger partial charge in [0.05, 0.1) is 0 Å². The summed E-state index contributed by atoms with van der Waals surface area (Å²) >= 11 is 0. The van der Waals surface area contributed by atoms with Crippen LogP contribution in [0.15, 0.2) is 0 Å². The molecule has 19 heavy (non-hydrogen) atoms. The van der Waals surface area contributed by atoms with Crippen molar-refractivity contribution in [2.45, 2.75) is 51.6 Å². The third-order valence-corrected chi connectivity index (χ3v) is 4.73. The zero-order valence-corrected chi connectivity index (χ0v) is 12.0. The van der Waals surface area contributed by atoms with Crippen molar-refractivity contribution in [3.63, 3.8) is 0 Å². The molecule has 0 bridgehead atoms. The van der Waals surface area contributed by atoms with Crippen molar-refractivity contribution in [2.24, 2.45) is 11.8 Å². The second-order valence-electron chi connectivity index (χ2n) is 5.96. The van der Waals surface area contributed by atoms with E-state index in [1.54, 1.807) is 0 Å². The minimum absolute atomic E-state index is 0.474. The highest BCUT2D eigenvalue weighted by Gasteiger charge is 2.31. The number of carboxylic acids is 1. The van der Waals surface area contributed by atoms with Gasteiger partial charge in [0.1, 0.15) is 0 Å². The van der Waals surface area contributed by atoms with Crippen LogP contribution in [0.25, 0.3) is 0 Å². The zero-order chi connectivity index (χ0) is 13.7. The van der Waals surface area contributed by atoms with Gasteiger partial charge in [-0.15, -0.1) is 0 Å². The molecule has 4 heteroatoms. The number of aliphatic carboxylic acids is 1. The van der Waals surface area contributed by atoms with E-state index in [4.69, 9.17) is 9.84 Å². The van der Waals surface area contributed by atoms with E-state index >= 15 is 0 Å². The molecule has 0 radical (unpaired) electrons. The molecule has 0 aromatic rings. The van der Waals surface area contributed by atoms with Crippen molar-refractivity contribution in [3.05, 3.63) is 0 Å². The van der Waals surface area contributed by atoms with Crippen molar-refractivity contribution in [2.75, 3.05) is 26.2 Å². The Morgan fingerprint density at radius 3 is 2.74 bits per heavy atom. The predicted molar refractivity (Wildman–Crippen MR) is 74.2 cm³/mol. The van der Waals surface area contributed by atoms with Crippen LogP contribution in [0.4, 0.5) is 0 Å². The lowest BCUT2D eigenvalue weighted by atomic mass is 9.75. The third-order valence-electron chi connectivity index (χ3n) is 4.73. The standard InChI is InChI=1S/C15H27NO3/c1-2-19-14(15(17)18)8-10-16-9-7-12-5-3-4-6-13(12)11-16/h12-14H,2-11H2,1H3,(H,17,18). The number of nitrogens with zero attached hydrogens (tertiary/aromatic N) is 1. The van der Waals surface area contributed by atoms with Crippen LogP contribution in [0.5, 0.6) is 0 Å². The van der Waals surface area contributed by atoms with Gasteiger partial charge in [-0.05, 0) is 44.6 Å². The van der Waals surface area contributed by atoms with Crippen LogP contribution in [0, 0.1) is 11.8 Å². The van der Waals surface area contributed by atoms with Gasteiger partial charge in [0, 0.05) is 19.7 Å². The van der Waals surface area contributed by atoms with Crippen LogP contribution in [0.2, 0.25) is 0 Å². The van der Waals surface area contributed by atoms with Gasteiger partial charge in [0.2, 0.25) is 0 Å². The fraction of sp³-hybridized carbons (Fsp3) is 0.933. The zero-order valence-electron chi connectivity index (χ0n) is 12.0. The molecule has 2 fully saturated rings. The van der Waals surface area contributed by atoms with Gasteiger partial charge in [-0.2, -0.15) is 0 Å². The van der Waals surface area contributed by atoms with Crippen molar-refractivity contribution < 1.29 is 14.6 Å². The van der Waals surface area contributed by atoms with Crippen LogP contribution in [0.1, 0.15) is 45.4 Å². The van der Waals surface area contributed by atoms with Gasteiger partial charge in [-0.3, -0.25) is 0 Å². The minimum Gasteiger partial charge on any atom is -0.479 e. The van der Waals surface area contributed by atoms with Crippen LogP contribution in [-0.2, 0) is 9.53 Å². The quantitative estimate of drug-likeness (QED) is 0.804. The fourth-order valence-corrected chi connectivity index (χ4v) is 3.66. The number of piperidine rings is 1. The SMILES string of the molecule is CCOC(CCN1CCC2CCCCC2C1)C(=O)O. The number of rotatable bonds is 6. The Labute approximate surface area is 116 Å². The molecule has 1 N–H and O–H groups in total. The first-order chi connectivity index (χ1) is 9.20. The van der Waals surface area contributed by atoms with Crippen LogP contribution >= 0.6 is 0 Å². The summed E-state index contributed by atoms with van der Waals surface area (Å²) in [6.45, 7) is 5.49. The number of hydrogen-bond acceptors (Lipinski definition) is 3. The first kappa shape index (κ1) is 14.8. The van der Waals surface area contributed by atoms with E-state index < -0.39 is 12.1 Å². The van der Waals surface area contributed by atoms with E-state index in [1.807, 2.05) is 6.92 Å². The van der Waals surface area contributed by atoms with Gasteiger partial charge < -0.3 is 14.7 Å². The molecule has 1 saturated heterocycles. The van der Waals surface area contributed by atoms with Crippen LogP contribution in [0.3, 0.4) is 0 Å². The van der Waals surface area contributed by atoms with E-state index in [0.717, 1.165) is 24.9 Å². The van der Waals surface area contributed by atoms with Crippen molar-refractivity contribution >= 4 is 5.97 Å². The Kier molecular flexibility index (Phi) is 5.64. The summed E-state index contributed by atoms with van der Waals surface area (Å²) in [5, 5.41) is 9.08. The molecule has 0 spiro atoms. The maximum Gasteiger partial charge on any atom is 0.332 e. The molecule has 3 unspecified atom stereocenters. The first-order valence-electron chi connectivity index (χ1n) is 7.77. The predicted octanol–water partition coefficient (Wildman–Crippen LogP) is 2.38. The second kappa shape index (κ2) is 7.25. The summed E-state index contributed by atoms with van der Waals surface area (Å²) in [5.74, 6) is 0.972. The van der Waals surface area contributed by atoms with Gasteiger partial charge in [-0.1, -0.05) is 19.3 Å². The van der Waals surface area contributed by atoms with Gasteiger partial charge in [-0.25, -0.2) is 4.79 Å². The van der Waals surface area contributed by atoms with Crippen LogP contribution in [-0.4, -0.2) is 48.3 Å². The van der Waals surface area contributed by atoms with Crippen molar-refractivity contribution in [1.82, 2.24) is 4.90 Å². The molecule has 4 nitrogen and oxygen atoms in total. The van der Waals surface area contributed by atoms with E-state index in [2.05, 4.69) is 4.90 Å². The summed E-state index contributed by atoms with van der Waals surface area (Å²) in [6, 6.07) is 0. The summed E-state index contributed by atoms with van der Waals surface area (Å²) in [6.07, 6.45) is 6.86. The largest absolute Gasteiger partial charge is 0.479 e. The summed E-state index contributed by atoms with van der Waals surface area (Å²) in [7, 11) is 0. The maximum absolute atomic E-state index is 11.0. The van der Waals surface area contributed by atoms with Crippen molar-refractivity contribution in [3.8, 4) is 0 Å².